The number of carbonyl (C=O) groups excluding carboxylic acids is 1. The van der Waals surface area contributed by atoms with Crippen molar-refractivity contribution in [3.63, 3.8) is 0 Å². The van der Waals surface area contributed by atoms with Crippen molar-refractivity contribution in [2.24, 2.45) is 5.92 Å². The Morgan fingerprint density at radius 1 is 1.45 bits per heavy atom. The van der Waals surface area contributed by atoms with Crippen LogP contribution in [0, 0.1) is 12.8 Å². The van der Waals surface area contributed by atoms with Gasteiger partial charge in [0.1, 0.15) is 16.6 Å². The number of rotatable bonds is 7. The van der Waals surface area contributed by atoms with Gasteiger partial charge in [-0.05, 0) is 56.9 Å². The van der Waals surface area contributed by atoms with E-state index in [1.165, 1.54) is 12.8 Å². The summed E-state index contributed by atoms with van der Waals surface area (Å²) < 4.78 is 19.4. The predicted octanol–water partition coefficient (Wildman–Crippen LogP) is 5.50. The smallest absolute Gasteiger partial charge is 0.251 e. The summed E-state index contributed by atoms with van der Waals surface area (Å²) in [5.74, 6) is 0.317. The first-order chi connectivity index (χ1) is 14.7. The number of allylic oxidation sites excluding steroid dienone is 2. The van der Waals surface area contributed by atoms with Crippen molar-refractivity contribution in [2.45, 2.75) is 37.7 Å². The molecule has 1 amide bonds. The third-order valence-corrected chi connectivity index (χ3v) is 7.30. The first kappa shape index (κ1) is 22.1. The molecule has 9 heteroatoms. The van der Waals surface area contributed by atoms with Crippen LogP contribution in [0.4, 0.5) is 4.39 Å². The first-order valence-electron chi connectivity index (χ1n) is 9.96. The Hall–Kier alpha value is -2.09. The van der Waals surface area contributed by atoms with Crippen LogP contribution >= 0.6 is 34.5 Å². The van der Waals surface area contributed by atoms with Crippen molar-refractivity contribution in [3.8, 4) is 16.3 Å². The maximum absolute atomic E-state index is 13.4. The number of benzene rings is 1. The van der Waals surface area contributed by atoms with E-state index in [1.54, 1.807) is 36.6 Å². The third kappa shape index (κ3) is 5.05. The normalized spacial score (nSPS) is 21.6. The van der Waals surface area contributed by atoms with Crippen molar-refractivity contribution in [1.29, 1.82) is 0 Å². The second kappa shape index (κ2) is 8.81. The van der Waals surface area contributed by atoms with Gasteiger partial charge < -0.3 is 15.4 Å². The fraction of sp³-hybridized carbons (Fsp3) is 0.364. The van der Waals surface area contributed by atoms with Crippen LogP contribution in [0.25, 0.3) is 10.6 Å². The molecular formula is C22H22Cl2FN3O2S. The lowest BCUT2D eigenvalue weighted by atomic mass is 10.0. The minimum Gasteiger partial charge on any atom is -0.493 e. The number of alkyl halides is 1. The molecule has 0 spiro atoms. The molecule has 1 aromatic carbocycles. The molecule has 5 nitrogen and oxygen atoms in total. The Balaban J connectivity index is 1.57. The lowest BCUT2D eigenvalue weighted by Crippen LogP contribution is -2.55. The summed E-state index contributed by atoms with van der Waals surface area (Å²) in [6.45, 7) is 4.31. The van der Waals surface area contributed by atoms with E-state index in [0.717, 1.165) is 27.7 Å². The first-order valence-corrected chi connectivity index (χ1v) is 11.5. The largest absolute Gasteiger partial charge is 0.493 e. The van der Waals surface area contributed by atoms with Gasteiger partial charge >= 0.3 is 0 Å². The second-order valence-electron chi connectivity index (χ2n) is 7.85. The minimum atomic E-state index is -1.35. The van der Waals surface area contributed by atoms with Gasteiger partial charge in [-0.3, -0.25) is 4.79 Å². The van der Waals surface area contributed by atoms with Crippen LogP contribution in [0.15, 0.2) is 47.5 Å². The summed E-state index contributed by atoms with van der Waals surface area (Å²) in [4.78, 5) is 17.2. The molecule has 1 fully saturated rings. The fourth-order valence-electron chi connectivity index (χ4n) is 3.15. The number of amides is 1. The van der Waals surface area contributed by atoms with Gasteiger partial charge in [0.2, 0.25) is 0 Å². The molecule has 1 aliphatic heterocycles. The van der Waals surface area contributed by atoms with Crippen molar-refractivity contribution in [1.82, 2.24) is 15.6 Å². The Morgan fingerprint density at radius 2 is 2.23 bits per heavy atom. The number of carbonyl (C=O) groups is 1. The number of nitrogens with one attached hydrogen (secondary N) is 2. The Kier molecular flexibility index (Phi) is 6.28. The van der Waals surface area contributed by atoms with Gasteiger partial charge in [0.05, 0.1) is 17.7 Å². The molecule has 1 saturated carbocycles. The average molecular weight is 482 g/mol. The van der Waals surface area contributed by atoms with Crippen molar-refractivity contribution in [3.05, 3.63) is 58.0 Å². The van der Waals surface area contributed by atoms with Gasteiger partial charge in [-0.1, -0.05) is 23.2 Å². The van der Waals surface area contributed by atoms with Crippen LogP contribution in [-0.4, -0.2) is 28.5 Å². The summed E-state index contributed by atoms with van der Waals surface area (Å²) >= 11 is 14.3. The van der Waals surface area contributed by atoms with E-state index < -0.39 is 16.9 Å². The van der Waals surface area contributed by atoms with E-state index in [1.807, 2.05) is 13.0 Å². The fourth-order valence-corrected chi connectivity index (χ4v) is 4.38. The molecule has 0 bridgehead atoms. The Labute approximate surface area is 194 Å². The molecule has 164 valence electrons. The van der Waals surface area contributed by atoms with E-state index in [2.05, 4.69) is 15.6 Å². The molecule has 1 aliphatic carbocycles. The van der Waals surface area contributed by atoms with E-state index in [-0.39, 0.29) is 10.9 Å². The lowest BCUT2D eigenvalue weighted by Gasteiger charge is -2.35. The lowest BCUT2D eigenvalue weighted by molar-refractivity contribution is 0.0931. The highest BCUT2D eigenvalue weighted by atomic mass is 35.5. The highest BCUT2D eigenvalue weighted by Gasteiger charge is 2.39. The topological polar surface area (TPSA) is 63.2 Å². The van der Waals surface area contributed by atoms with E-state index >= 15 is 0 Å². The number of hydrogen-bond acceptors (Lipinski definition) is 5. The van der Waals surface area contributed by atoms with Gasteiger partial charge in [-0.15, -0.1) is 11.3 Å². The SMILES string of the molecule is Cc1cnc(-c2cc(OCC3CC3)cc(C(=O)NC(C)C3(Cl)NC=C(F)C=C3Cl)c2)s1. The summed E-state index contributed by atoms with van der Waals surface area (Å²) in [6.07, 6.45) is 6.39. The number of hydrogen-bond donors (Lipinski definition) is 2. The molecule has 2 unspecified atom stereocenters. The van der Waals surface area contributed by atoms with E-state index in [0.29, 0.717) is 23.8 Å². The number of ether oxygens (including phenoxy) is 1. The van der Waals surface area contributed by atoms with E-state index in [4.69, 9.17) is 27.9 Å². The third-order valence-electron chi connectivity index (χ3n) is 5.20. The molecule has 2 aromatic rings. The zero-order chi connectivity index (χ0) is 22.2. The molecule has 31 heavy (non-hydrogen) atoms. The number of aromatic nitrogens is 1. The van der Waals surface area contributed by atoms with Gasteiger partial charge in [0.15, 0.2) is 5.00 Å². The quantitative estimate of drug-likeness (QED) is 0.404. The number of dihydropyridines is 1. The van der Waals surface area contributed by atoms with Crippen LogP contribution in [-0.2, 0) is 0 Å². The molecular weight excluding hydrogens is 460 g/mol. The summed E-state index contributed by atoms with van der Waals surface area (Å²) in [6, 6.07) is 4.74. The summed E-state index contributed by atoms with van der Waals surface area (Å²) in [5, 5.41) is 6.45. The number of halogens is 3. The van der Waals surface area contributed by atoms with Crippen LogP contribution in [0.5, 0.6) is 5.75 Å². The molecule has 0 saturated heterocycles. The van der Waals surface area contributed by atoms with Gasteiger partial charge in [0.25, 0.3) is 5.91 Å². The predicted molar refractivity (Wildman–Crippen MR) is 122 cm³/mol. The summed E-state index contributed by atoms with van der Waals surface area (Å²) in [7, 11) is 0. The maximum Gasteiger partial charge on any atom is 0.251 e. The molecule has 0 radical (unpaired) electrons. The number of nitrogens with zero attached hydrogens (tertiary/aromatic N) is 1. The average Bonchev–Trinajstić information content (AvgIpc) is 3.47. The molecule has 2 atom stereocenters. The zero-order valence-corrected chi connectivity index (χ0v) is 19.4. The maximum atomic E-state index is 13.4. The highest BCUT2D eigenvalue weighted by molar-refractivity contribution is 7.14. The number of aryl methyl sites for hydroxylation is 1. The Bertz CT molecular complexity index is 1070. The van der Waals surface area contributed by atoms with Gasteiger partial charge in [-0.25, -0.2) is 9.37 Å². The molecule has 4 rings (SSSR count). The standard InChI is InChI=1S/C22H22Cl2FN3O2S/c1-12-9-26-21(31-12)16-5-15(6-18(7-16)30-11-14-3-4-14)20(29)28-13(2)22(24)19(23)8-17(25)10-27-22/h5-10,13-14,27H,3-4,11H2,1-2H3,(H,28,29). The van der Waals surface area contributed by atoms with Crippen molar-refractivity contribution >= 4 is 40.4 Å². The molecule has 1 aromatic heterocycles. The van der Waals surface area contributed by atoms with Crippen LogP contribution < -0.4 is 15.4 Å². The second-order valence-corrected chi connectivity index (χ2v) is 10.1. The monoisotopic (exact) mass is 481 g/mol. The number of thiazole rings is 1. The van der Waals surface area contributed by atoms with Crippen molar-refractivity contribution < 1.29 is 13.9 Å². The van der Waals surface area contributed by atoms with Crippen LogP contribution in [0.3, 0.4) is 0 Å². The van der Waals surface area contributed by atoms with Gasteiger partial charge in [0, 0.05) is 28.4 Å². The van der Waals surface area contributed by atoms with Crippen molar-refractivity contribution in [2.75, 3.05) is 6.61 Å². The van der Waals surface area contributed by atoms with Crippen LogP contribution in [0.2, 0.25) is 0 Å². The minimum absolute atomic E-state index is 0.0578. The zero-order valence-electron chi connectivity index (χ0n) is 17.0. The molecule has 2 aliphatic rings. The van der Waals surface area contributed by atoms with Gasteiger partial charge in [-0.2, -0.15) is 0 Å². The van der Waals surface area contributed by atoms with E-state index in [9.17, 15) is 9.18 Å². The highest BCUT2D eigenvalue weighted by Crippen LogP contribution is 2.35. The molecule has 2 heterocycles. The summed E-state index contributed by atoms with van der Waals surface area (Å²) in [5.41, 5.74) is 1.23. The van der Waals surface area contributed by atoms with Crippen LogP contribution in [0.1, 0.15) is 35.0 Å². The Morgan fingerprint density at radius 3 is 2.87 bits per heavy atom. The molecule has 2 N–H and O–H groups in total.